The zero-order valence-corrected chi connectivity index (χ0v) is 34.3. The van der Waals surface area contributed by atoms with Crippen LogP contribution in [0.5, 0.6) is 0 Å². The molecule has 3 N–H and O–H groups in total. The fourth-order valence-electron chi connectivity index (χ4n) is 8.54. The molecule has 2 fully saturated rings. The van der Waals surface area contributed by atoms with Gasteiger partial charge < -0.3 is 15.5 Å². The summed E-state index contributed by atoms with van der Waals surface area (Å²) in [7, 11) is 0. The van der Waals surface area contributed by atoms with Crippen molar-refractivity contribution in [3.63, 3.8) is 0 Å². The van der Waals surface area contributed by atoms with E-state index >= 15 is 8.78 Å². The number of carbonyl (C=O) groups is 5. The first-order chi connectivity index (χ1) is 28.5. The molecule has 0 saturated carbocycles. The topological polar surface area (TPSA) is 148 Å². The first-order valence-corrected chi connectivity index (χ1v) is 20.0. The number of amides is 4. The molecular formula is C46H39Cl2F2N5O5. The van der Waals surface area contributed by atoms with Gasteiger partial charge in [-0.25, -0.2) is 8.78 Å². The van der Waals surface area contributed by atoms with Gasteiger partial charge in [0.05, 0.1) is 23.6 Å². The number of Topliss-reactive ketones (excluding diaryl/α,β-unsaturated/α-hetero) is 1. The molecule has 0 radical (unpaired) electrons. The van der Waals surface area contributed by atoms with Crippen molar-refractivity contribution in [3.8, 4) is 17.9 Å². The molecule has 14 heteroatoms. The van der Waals surface area contributed by atoms with Crippen LogP contribution >= 0.6 is 23.2 Å². The van der Waals surface area contributed by atoms with Crippen LogP contribution in [0, 0.1) is 40.2 Å². The number of hydrogen-bond donors (Lipinski definition) is 3. The number of halogens is 4. The van der Waals surface area contributed by atoms with Gasteiger partial charge in [-0.3, -0.25) is 29.3 Å². The molecule has 0 aromatic heterocycles. The van der Waals surface area contributed by atoms with Gasteiger partial charge >= 0.3 is 0 Å². The third kappa shape index (κ3) is 8.03. The highest BCUT2D eigenvalue weighted by Gasteiger charge is 2.61. The summed E-state index contributed by atoms with van der Waals surface area (Å²) in [5.74, 6) is 0.866. The van der Waals surface area contributed by atoms with E-state index in [-0.39, 0.29) is 64.6 Å². The smallest absolute Gasteiger partial charge is 0.255 e. The number of fused-ring (bicyclic) bond motifs is 1. The molecule has 60 heavy (non-hydrogen) atoms. The van der Waals surface area contributed by atoms with Gasteiger partial charge in [-0.1, -0.05) is 80.1 Å². The van der Waals surface area contributed by atoms with Crippen LogP contribution in [0.4, 0.5) is 14.5 Å². The molecule has 306 valence electrons. The van der Waals surface area contributed by atoms with Crippen molar-refractivity contribution < 1.29 is 32.8 Å². The van der Waals surface area contributed by atoms with Gasteiger partial charge in [-0.05, 0) is 84.0 Å². The van der Waals surface area contributed by atoms with Gasteiger partial charge in [0.2, 0.25) is 17.7 Å². The molecule has 4 aromatic rings. The summed E-state index contributed by atoms with van der Waals surface area (Å²) in [6.45, 7) is 5.98. The van der Waals surface area contributed by atoms with E-state index in [0.29, 0.717) is 34.4 Å². The molecule has 10 nitrogen and oxygen atoms in total. The number of benzene rings is 4. The van der Waals surface area contributed by atoms with E-state index in [0.717, 1.165) is 6.07 Å². The monoisotopic (exact) mass is 849 g/mol. The lowest BCUT2D eigenvalue weighted by Gasteiger charge is -2.37. The van der Waals surface area contributed by atoms with Crippen LogP contribution in [0.15, 0.2) is 78.9 Å². The molecule has 3 aliphatic heterocycles. The summed E-state index contributed by atoms with van der Waals surface area (Å²) in [4.78, 5) is 66.3. The Morgan fingerprint density at radius 2 is 1.73 bits per heavy atom. The van der Waals surface area contributed by atoms with Crippen LogP contribution in [-0.4, -0.2) is 52.4 Å². The van der Waals surface area contributed by atoms with E-state index in [1.165, 1.54) is 59.5 Å². The van der Waals surface area contributed by atoms with Crippen molar-refractivity contribution in [2.24, 2.45) is 5.41 Å². The molecule has 4 aromatic carbocycles. The van der Waals surface area contributed by atoms with Crippen molar-refractivity contribution >= 4 is 58.3 Å². The van der Waals surface area contributed by atoms with Crippen molar-refractivity contribution in [1.82, 2.24) is 15.5 Å². The second kappa shape index (κ2) is 16.6. The normalized spacial score (nSPS) is 22.4. The zero-order valence-electron chi connectivity index (χ0n) is 32.8. The third-order valence-corrected chi connectivity index (χ3v) is 11.8. The van der Waals surface area contributed by atoms with Gasteiger partial charge in [-0.2, -0.15) is 5.26 Å². The van der Waals surface area contributed by atoms with Crippen LogP contribution in [0.3, 0.4) is 0 Å². The van der Waals surface area contributed by atoms with E-state index < -0.39 is 58.3 Å². The predicted molar refractivity (Wildman–Crippen MR) is 221 cm³/mol. The number of anilines is 1. The fraction of sp³-hybridized carbons (Fsp3) is 0.304. The Labute approximate surface area is 355 Å². The molecule has 2 saturated heterocycles. The second-order valence-electron chi connectivity index (χ2n) is 16.4. The number of carbonyl (C=O) groups excluding carboxylic acids is 5. The summed E-state index contributed by atoms with van der Waals surface area (Å²) in [5.41, 5.74) is -0.0890. The molecule has 0 spiro atoms. The molecule has 5 atom stereocenters. The number of hydrogen-bond acceptors (Lipinski definition) is 7. The highest BCUT2D eigenvalue weighted by Crippen LogP contribution is 2.53. The number of nitrogens with zero attached hydrogens (tertiary/aromatic N) is 2. The number of ketones is 1. The predicted octanol–water partition coefficient (Wildman–Crippen LogP) is 7.62. The van der Waals surface area contributed by atoms with Gasteiger partial charge in [0.15, 0.2) is 5.78 Å². The summed E-state index contributed by atoms with van der Waals surface area (Å²) in [6.07, 6.45) is 0.507. The van der Waals surface area contributed by atoms with Crippen molar-refractivity contribution in [3.05, 3.63) is 134 Å². The largest absolute Gasteiger partial charge is 0.325 e. The number of nitrogens with one attached hydrogen (secondary N) is 3. The highest BCUT2D eigenvalue weighted by molar-refractivity contribution is 6.31. The molecule has 0 aliphatic carbocycles. The lowest BCUT2D eigenvalue weighted by atomic mass is 9.62. The van der Waals surface area contributed by atoms with Crippen LogP contribution in [0.2, 0.25) is 10.0 Å². The summed E-state index contributed by atoms with van der Waals surface area (Å²) in [5, 5.41) is 19.4. The molecular weight excluding hydrogens is 811 g/mol. The molecule has 7 rings (SSSR count). The van der Waals surface area contributed by atoms with Gasteiger partial charge in [0, 0.05) is 57.9 Å². The summed E-state index contributed by atoms with van der Waals surface area (Å²) in [6, 6.07) is 18.9. The maximum absolute atomic E-state index is 16.0. The quantitative estimate of drug-likeness (QED) is 0.0939. The number of rotatable bonds is 8. The van der Waals surface area contributed by atoms with E-state index in [4.69, 9.17) is 23.2 Å². The maximum atomic E-state index is 16.0. The highest BCUT2D eigenvalue weighted by atomic mass is 35.5. The van der Waals surface area contributed by atoms with E-state index in [1.807, 2.05) is 20.8 Å². The van der Waals surface area contributed by atoms with Crippen molar-refractivity contribution in [2.75, 3.05) is 5.32 Å². The zero-order chi connectivity index (χ0) is 43.1. The second-order valence-corrected chi connectivity index (χ2v) is 17.2. The third-order valence-electron chi connectivity index (χ3n) is 11.3. The number of nitriles is 1. The molecule has 3 aliphatic rings. The Morgan fingerprint density at radius 1 is 1.00 bits per heavy atom. The van der Waals surface area contributed by atoms with E-state index in [1.54, 1.807) is 18.2 Å². The first kappa shape index (κ1) is 42.2. The van der Waals surface area contributed by atoms with Gasteiger partial charge in [0.1, 0.15) is 23.1 Å². The number of piperidine rings is 1. The Morgan fingerprint density at radius 3 is 2.42 bits per heavy atom. The van der Waals surface area contributed by atoms with Gasteiger partial charge in [0.25, 0.3) is 5.91 Å². The average Bonchev–Trinajstić information content (AvgIpc) is 3.70. The molecule has 4 amide bonds. The lowest BCUT2D eigenvalue weighted by molar-refractivity contribution is -0.137. The van der Waals surface area contributed by atoms with Crippen LogP contribution in [-0.2, 0) is 26.3 Å². The van der Waals surface area contributed by atoms with Crippen molar-refractivity contribution in [1.29, 1.82) is 5.26 Å². The Bertz CT molecular complexity index is 2560. The molecule has 1 unspecified atom stereocenters. The Kier molecular flexibility index (Phi) is 11.7. The van der Waals surface area contributed by atoms with E-state index in [9.17, 15) is 29.2 Å². The minimum atomic E-state index is -1.80. The summed E-state index contributed by atoms with van der Waals surface area (Å²) >= 11 is 12.4. The molecule has 0 bridgehead atoms. The van der Waals surface area contributed by atoms with Crippen LogP contribution in [0.1, 0.15) is 95.3 Å². The average molecular weight is 851 g/mol. The Hall–Kier alpha value is -5.92. The van der Waals surface area contributed by atoms with Crippen LogP contribution < -0.4 is 16.0 Å². The first-order valence-electron chi connectivity index (χ1n) is 19.3. The van der Waals surface area contributed by atoms with Crippen molar-refractivity contribution in [2.45, 2.75) is 82.5 Å². The number of imide groups is 1. The minimum absolute atomic E-state index is 0.0387. The lowest BCUT2D eigenvalue weighted by Crippen LogP contribution is -2.52. The van der Waals surface area contributed by atoms with E-state index in [2.05, 4.69) is 33.9 Å². The van der Waals surface area contributed by atoms with Gasteiger partial charge in [-0.15, -0.1) is 0 Å². The molecule has 3 heterocycles. The fourth-order valence-corrected chi connectivity index (χ4v) is 8.88. The maximum Gasteiger partial charge on any atom is 0.255 e. The SMILES string of the molecule is CC(C)(C)C[C@@H]1N[C@@H](C(=O)Nc2ccc(C(=O)CC#Cc3cccc4c3CN(C3CCC(=O)NC3=O)C4=O)cc2)[C@H](c2cccc(Cl)c2F)[C@@]1(C#N)c1ccc(Cl)cc1F. The Balaban J connectivity index is 1.11. The minimum Gasteiger partial charge on any atom is -0.325 e. The standard InChI is InChI=1S/C46H39Cl2F2N5O5/c1-45(2,3)22-37-46(24-51,32-18-15-27(47)21-34(32)49)39(30-10-6-11-33(48)40(30)50)41(53-37)43(59)52-28-16-13-26(14-17-28)36(56)12-5-8-25-7-4-9-29-31(25)23-55(44(29)60)35-19-20-38(57)54-42(35)58/h4,6-7,9-11,13-18,21,35,37,39,41,53H,12,19-20,22-23H2,1-3H3,(H,52,59)(H,54,57,58)/t35?,37-,39-,41+,46-/m0/s1. The summed E-state index contributed by atoms with van der Waals surface area (Å²) < 4.78 is 32.0. The van der Waals surface area contributed by atoms with Crippen LogP contribution in [0.25, 0.3) is 0 Å².